The van der Waals surface area contributed by atoms with Crippen molar-refractivity contribution in [3.8, 4) is 0 Å². The van der Waals surface area contributed by atoms with Gasteiger partial charge in [0.25, 0.3) is 0 Å². The summed E-state index contributed by atoms with van der Waals surface area (Å²) < 4.78 is 0. The Kier molecular flexibility index (Phi) is 13.8. The summed E-state index contributed by atoms with van der Waals surface area (Å²) in [5.74, 6) is 1.07. The van der Waals surface area contributed by atoms with E-state index in [0.717, 1.165) is 5.92 Å². The van der Waals surface area contributed by atoms with Crippen LogP contribution in [0.25, 0.3) is 0 Å². The molecule has 20 heavy (non-hydrogen) atoms. The molecule has 1 aliphatic rings. The van der Waals surface area contributed by atoms with E-state index < -0.39 is 0 Å². The minimum atomic E-state index is 0. The first kappa shape index (κ1) is 19.9. The predicted octanol–water partition coefficient (Wildman–Crippen LogP) is 1.23. The van der Waals surface area contributed by atoms with Gasteiger partial charge in [-0.05, 0) is 31.6 Å². The zero-order valence-corrected chi connectivity index (χ0v) is 14.1. The van der Waals surface area contributed by atoms with Crippen molar-refractivity contribution in [3.05, 3.63) is 0 Å². The van der Waals surface area contributed by atoms with E-state index in [1.54, 1.807) is 0 Å². The first-order valence-electron chi connectivity index (χ1n) is 9.20. The van der Waals surface area contributed by atoms with Crippen LogP contribution in [0.5, 0.6) is 0 Å². The van der Waals surface area contributed by atoms with E-state index in [4.69, 9.17) is 0 Å². The maximum atomic E-state index is 2.32. The quantitative estimate of drug-likeness (QED) is 0.545. The molecular weight excluding hydrogens is 249 g/mol. The largest absolute Gasteiger partial charge is 1.00 e. The van der Waals surface area contributed by atoms with Crippen LogP contribution in [0.3, 0.4) is 0 Å². The molecular formula is C18H38FN. The second-order valence-electron chi connectivity index (χ2n) is 6.71. The monoisotopic (exact) mass is 287 g/mol. The molecule has 1 aliphatic heterocycles. The Morgan fingerprint density at radius 3 is 1.90 bits per heavy atom. The lowest BCUT2D eigenvalue weighted by atomic mass is 9.91. The Balaban J connectivity index is 0.00000361. The van der Waals surface area contributed by atoms with Crippen LogP contribution >= 0.6 is 0 Å². The molecule has 0 saturated carbocycles. The van der Waals surface area contributed by atoms with Gasteiger partial charge in [0, 0.05) is 0 Å². The van der Waals surface area contributed by atoms with E-state index in [2.05, 4.69) is 13.8 Å². The van der Waals surface area contributed by atoms with E-state index >= 15 is 0 Å². The molecule has 1 N–H and O–H groups in total. The van der Waals surface area contributed by atoms with Gasteiger partial charge in [-0.3, -0.25) is 0 Å². The van der Waals surface area contributed by atoms with Crippen LogP contribution in [-0.4, -0.2) is 19.6 Å². The summed E-state index contributed by atoms with van der Waals surface area (Å²) in [6.07, 6.45) is 17.5. The molecule has 1 heterocycles. The third-order valence-corrected chi connectivity index (χ3v) is 4.91. The number of halogens is 1. The topological polar surface area (TPSA) is 4.44 Å². The van der Waals surface area contributed by atoms with Crippen LogP contribution in [0.4, 0.5) is 0 Å². The summed E-state index contributed by atoms with van der Waals surface area (Å²) in [5.41, 5.74) is 0. The van der Waals surface area contributed by atoms with Crippen molar-refractivity contribution in [1.29, 1.82) is 0 Å². The second-order valence-corrected chi connectivity index (χ2v) is 6.71. The lowest BCUT2D eigenvalue weighted by molar-refractivity contribution is -0.906. The molecule has 0 aromatic carbocycles. The fraction of sp³-hybridized carbons (Fsp3) is 1.00. The van der Waals surface area contributed by atoms with Crippen LogP contribution < -0.4 is 9.60 Å². The van der Waals surface area contributed by atoms with Gasteiger partial charge in [0.2, 0.25) is 0 Å². The van der Waals surface area contributed by atoms with Crippen molar-refractivity contribution in [2.75, 3.05) is 19.6 Å². The summed E-state index contributed by atoms with van der Waals surface area (Å²) >= 11 is 0. The first-order chi connectivity index (χ1) is 9.36. The summed E-state index contributed by atoms with van der Waals surface area (Å²) in [5, 5.41) is 0. The SMILES string of the molecule is CCCCCCCCC[NH+]1CCC(CCCC)CC1.[F-]. The standard InChI is InChI=1S/C18H37N.FH/c1-3-5-7-8-9-10-11-15-19-16-13-18(14-17-19)12-6-4-2;/h18H,3-17H2,1-2H3;1H. The smallest absolute Gasteiger partial charge is 0.0773 e. The van der Waals surface area contributed by atoms with Crippen LogP contribution in [0.1, 0.15) is 90.9 Å². The van der Waals surface area contributed by atoms with Crippen LogP contribution in [0, 0.1) is 5.92 Å². The molecule has 0 bridgehead atoms. The number of unbranched alkanes of at least 4 members (excludes halogenated alkanes) is 7. The Morgan fingerprint density at radius 1 is 0.750 bits per heavy atom. The van der Waals surface area contributed by atoms with E-state index in [0.29, 0.717) is 0 Å². The van der Waals surface area contributed by atoms with Crippen molar-refractivity contribution in [3.63, 3.8) is 0 Å². The van der Waals surface area contributed by atoms with Crippen LogP contribution in [0.15, 0.2) is 0 Å². The highest BCUT2D eigenvalue weighted by Gasteiger charge is 2.20. The van der Waals surface area contributed by atoms with Crippen molar-refractivity contribution in [2.45, 2.75) is 90.9 Å². The fourth-order valence-electron chi connectivity index (χ4n) is 3.45. The summed E-state index contributed by atoms with van der Waals surface area (Å²) in [7, 11) is 0. The first-order valence-corrected chi connectivity index (χ1v) is 9.20. The number of hydrogen-bond donors (Lipinski definition) is 1. The van der Waals surface area contributed by atoms with Gasteiger partial charge in [0.1, 0.15) is 0 Å². The summed E-state index contributed by atoms with van der Waals surface area (Å²) in [6, 6.07) is 0. The molecule has 0 radical (unpaired) electrons. The molecule has 122 valence electrons. The Hall–Kier alpha value is -0.110. The molecule has 0 unspecified atom stereocenters. The van der Waals surface area contributed by atoms with E-state index in [-0.39, 0.29) is 4.70 Å². The highest BCUT2D eigenvalue weighted by atomic mass is 19.0. The lowest BCUT2D eigenvalue weighted by Crippen LogP contribution is -3.13. The fourth-order valence-corrected chi connectivity index (χ4v) is 3.45. The van der Waals surface area contributed by atoms with Gasteiger partial charge in [-0.1, -0.05) is 65.2 Å². The molecule has 1 fully saturated rings. The minimum absolute atomic E-state index is 0. The molecule has 0 amide bonds. The molecule has 1 rings (SSSR count). The van der Waals surface area contributed by atoms with Gasteiger partial charge in [0.15, 0.2) is 0 Å². The van der Waals surface area contributed by atoms with Gasteiger partial charge in [-0.2, -0.15) is 0 Å². The van der Waals surface area contributed by atoms with E-state index in [9.17, 15) is 0 Å². The molecule has 2 heteroatoms. The molecule has 1 saturated heterocycles. The predicted molar refractivity (Wildman–Crippen MR) is 85.8 cm³/mol. The Labute approximate surface area is 126 Å². The van der Waals surface area contributed by atoms with Gasteiger partial charge in [-0.15, -0.1) is 0 Å². The van der Waals surface area contributed by atoms with Crippen molar-refractivity contribution in [2.24, 2.45) is 5.92 Å². The van der Waals surface area contributed by atoms with Crippen molar-refractivity contribution < 1.29 is 9.60 Å². The second kappa shape index (κ2) is 13.9. The van der Waals surface area contributed by atoms with Gasteiger partial charge in [-0.25, -0.2) is 0 Å². The number of likely N-dealkylation sites (tertiary alicyclic amines) is 1. The van der Waals surface area contributed by atoms with Gasteiger partial charge in [0.05, 0.1) is 19.6 Å². The maximum Gasteiger partial charge on any atom is 0.0773 e. The number of piperidine rings is 1. The van der Waals surface area contributed by atoms with Crippen LogP contribution in [0.2, 0.25) is 0 Å². The third kappa shape index (κ3) is 9.74. The highest BCUT2D eigenvalue weighted by Crippen LogP contribution is 2.17. The number of hydrogen-bond acceptors (Lipinski definition) is 0. The maximum absolute atomic E-state index is 2.32. The van der Waals surface area contributed by atoms with Crippen molar-refractivity contribution >= 4 is 0 Å². The zero-order valence-electron chi connectivity index (χ0n) is 14.1. The molecule has 0 aromatic rings. The average molecular weight is 288 g/mol. The molecule has 0 atom stereocenters. The summed E-state index contributed by atoms with van der Waals surface area (Å²) in [4.78, 5) is 1.90. The van der Waals surface area contributed by atoms with Crippen molar-refractivity contribution in [1.82, 2.24) is 0 Å². The Morgan fingerprint density at radius 2 is 1.30 bits per heavy atom. The number of rotatable bonds is 11. The van der Waals surface area contributed by atoms with E-state index in [1.807, 2.05) is 4.90 Å². The minimum Gasteiger partial charge on any atom is -1.00 e. The Bertz CT molecular complexity index is 188. The summed E-state index contributed by atoms with van der Waals surface area (Å²) in [6.45, 7) is 9.00. The number of nitrogens with one attached hydrogen (secondary N) is 1. The molecule has 1 nitrogen and oxygen atoms in total. The molecule has 0 aromatic heterocycles. The van der Waals surface area contributed by atoms with Crippen LogP contribution in [-0.2, 0) is 0 Å². The van der Waals surface area contributed by atoms with Gasteiger partial charge >= 0.3 is 0 Å². The average Bonchev–Trinajstić information content (AvgIpc) is 2.45. The molecule has 0 spiro atoms. The molecule has 0 aliphatic carbocycles. The third-order valence-electron chi connectivity index (χ3n) is 4.91. The normalized spacial score (nSPS) is 22.5. The highest BCUT2D eigenvalue weighted by molar-refractivity contribution is 4.62. The van der Waals surface area contributed by atoms with E-state index in [1.165, 1.54) is 96.7 Å². The number of quaternary nitrogens is 1. The lowest BCUT2D eigenvalue weighted by Gasteiger charge is -2.29. The zero-order chi connectivity index (χ0) is 13.8. The van der Waals surface area contributed by atoms with Gasteiger partial charge < -0.3 is 9.60 Å².